The maximum Gasteiger partial charge on any atom is 0.0561 e. The average Bonchev–Trinajstić information content (AvgIpc) is 2.28. The van der Waals surface area contributed by atoms with Gasteiger partial charge in [0.1, 0.15) is 0 Å². The van der Waals surface area contributed by atoms with Crippen LogP contribution in [-0.4, -0.2) is 18.8 Å². The number of ether oxygens (including phenoxy) is 1. The maximum atomic E-state index is 5.55. The van der Waals surface area contributed by atoms with Crippen molar-refractivity contribution >= 4 is 15.9 Å². The molecule has 0 aromatic heterocycles. The van der Waals surface area contributed by atoms with Gasteiger partial charge in [0, 0.05) is 23.7 Å². The standard InChI is InChI=1S/C14H20BrNO/c1-10-3-4-12(14(15)7-10)9-16-13-5-6-17-11(2)8-13/h3-4,7,11,13,16H,5-6,8-9H2,1-2H3. The molecule has 1 aliphatic heterocycles. The molecule has 1 saturated heterocycles. The van der Waals surface area contributed by atoms with Crippen molar-refractivity contribution in [3.05, 3.63) is 33.8 Å². The second kappa shape index (κ2) is 5.98. The highest BCUT2D eigenvalue weighted by Crippen LogP contribution is 2.19. The second-order valence-electron chi connectivity index (χ2n) is 4.88. The van der Waals surface area contributed by atoms with Gasteiger partial charge >= 0.3 is 0 Å². The molecule has 0 spiro atoms. The minimum Gasteiger partial charge on any atom is -0.378 e. The van der Waals surface area contributed by atoms with E-state index in [1.165, 1.54) is 15.6 Å². The predicted molar refractivity (Wildman–Crippen MR) is 74.2 cm³/mol. The highest BCUT2D eigenvalue weighted by Gasteiger charge is 2.18. The Bertz CT molecular complexity index is 380. The molecule has 1 aromatic rings. The largest absolute Gasteiger partial charge is 0.378 e. The highest BCUT2D eigenvalue weighted by molar-refractivity contribution is 9.10. The molecule has 1 heterocycles. The molecule has 1 N–H and O–H groups in total. The first-order valence-corrected chi connectivity index (χ1v) is 7.04. The van der Waals surface area contributed by atoms with E-state index in [0.29, 0.717) is 12.1 Å². The summed E-state index contributed by atoms with van der Waals surface area (Å²) in [5, 5.41) is 3.62. The molecule has 2 unspecified atom stereocenters. The lowest BCUT2D eigenvalue weighted by molar-refractivity contribution is 0.0130. The van der Waals surface area contributed by atoms with Gasteiger partial charge in [0.15, 0.2) is 0 Å². The van der Waals surface area contributed by atoms with Crippen LogP contribution < -0.4 is 5.32 Å². The third-order valence-corrected chi connectivity index (χ3v) is 4.01. The summed E-state index contributed by atoms with van der Waals surface area (Å²) >= 11 is 3.62. The van der Waals surface area contributed by atoms with Gasteiger partial charge in [-0.05, 0) is 43.9 Å². The smallest absolute Gasteiger partial charge is 0.0561 e. The fourth-order valence-corrected chi connectivity index (χ4v) is 2.87. The second-order valence-corrected chi connectivity index (χ2v) is 5.73. The van der Waals surface area contributed by atoms with Crippen LogP contribution in [0.4, 0.5) is 0 Å². The number of nitrogens with one attached hydrogen (secondary N) is 1. The van der Waals surface area contributed by atoms with Crippen molar-refractivity contribution in [3.8, 4) is 0 Å². The van der Waals surface area contributed by atoms with Crippen LogP contribution in [0.15, 0.2) is 22.7 Å². The topological polar surface area (TPSA) is 21.3 Å². The maximum absolute atomic E-state index is 5.55. The molecule has 1 aromatic carbocycles. The molecule has 2 nitrogen and oxygen atoms in total. The van der Waals surface area contributed by atoms with Crippen LogP contribution in [0, 0.1) is 6.92 Å². The SMILES string of the molecule is Cc1ccc(CNC2CCOC(C)C2)c(Br)c1. The lowest BCUT2D eigenvalue weighted by Gasteiger charge is -2.28. The number of aryl methyl sites for hydroxylation is 1. The van der Waals surface area contributed by atoms with Gasteiger partial charge in [-0.2, -0.15) is 0 Å². The minimum atomic E-state index is 0.391. The molecule has 0 radical (unpaired) electrons. The summed E-state index contributed by atoms with van der Waals surface area (Å²) in [5.41, 5.74) is 2.62. The monoisotopic (exact) mass is 297 g/mol. The van der Waals surface area contributed by atoms with Crippen molar-refractivity contribution in [2.45, 2.75) is 45.4 Å². The van der Waals surface area contributed by atoms with Crippen LogP contribution in [0.2, 0.25) is 0 Å². The van der Waals surface area contributed by atoms with Crippen LogP contribution in [0.3, 0.4) is 0 Å². The molecule has 0 amide bonds. The van der Waals surface area contributed by atoms with Crippen LogP contribution in [-0.2, 0) is 11.3 Å². The fourth-order valence-electron chi connectivity index (χ4n) is 2.23. The van der Waals surface area contributed by atoms with Crippen molar-refractivity contribution in [3.63, 3.8) is 0 Å². The van der Waals surface area contributed by atoms with Gasteiger partial charge in [0.2, 0.25) is 0 Å². The molecule has 0 bridgehead atoms. The summed E-state index contributed by atoms with van der Waals surface area (Å²) in [6.45, 7) is 6.07. The zero-order chi connectivity index (χ0) is 12.3. The predicted octanol–water partition coefficient (Wildman–Crippen LogP) is 3.41. The summed E-state index contributed by atoms with van der Waals surface area (Å²) in [5.74, 6) is 0. The normalized spacial score (nSPS) is 24.9. The Kier molecular flexibility index (Phi) is 4.60. The van der Waals surface area contributed by atoms with E-state index in [4.69, 9.17) is 4.74 Å². The fraction of sp³-hybridized carbons (Fsp3) is 0.571. The van der Waals surface area contributed by atoms with E-state index in [9.17, 15) is 0 Å². The summed E-state index contributed by atoms with van der Waals surface area (Å²) in [6, 6.07) is 7.11. The van der Waals surface area contributed by atoms with Crippen molar-refractivity contribution in [1.82, 2.24) is 5.32 Å². The number of hydrogen-bond acceptors (Lipinski definition) is 2. The van der Waals surface area contributed by atoms with E-state index in [0.717, 1.165) is 26.0 Å². The molecule has 2 atom stereocenters. The molecule has 0 saturated carbocycles. The van der Waals surface area contributed by atoms with Crippen LogP contribution in [0.1, 0.15) is 30.9 Å². The first-order valence-electron chi connectivity index (χ1n) is 6.25. The van der Waals surface area contributed by atoms with Gasteiger partial charge in [-0.25, -0.2) is 0 Å². The number of halogens is 1. The summed E-state index contributed by atoms with van der Waals surface area (Å²) in [7, 11) is 0. The average molecular weight is 298 g/mol. The summed E-state index contributed by atoms with van der Waals surface area (Å²) < 4.78 is 6.75. The Morgan fingerprint density at radius 1 is 1.47 bits per heavy atom. The molecule has 17 heavy (non-hydrogen) atoms. The molecular formula is C14H20BrNO. The lowest BCUT2D eigenvalue weighted by Crippen LogP contribution is -2.37. The van der Waals surface area contributed by atoms with Crippen LogP contribution >= 0.6 is 15.9 Å². The van der Waals surface area contributed by atoms with Gasteiger partial charge in [-0.15, -0.1) is 0 Å². The molecule has 1 fully saturated rings. The van der Waals surface area contributed by atoms with Gasteiger partial charge in [0.05, 0.1) is 6.10 Å². The zero-order valence-corrected chi connectivity index (χ0v) is 12.1. The van der Waals surface area contributed by atoms with E-state index < -0.39 is 0 Å². The van der Waals surface area contributed by atoms with Crippen molar-refractivity contribution in [1.29, 1.82) is 0 Å². The highest BCUT2D eigenvalue weighted by atomic mass is 79.9. The molecule has 1 aliphatic rings. The molecule has 3 heteroatoms. The van der Waals surface area contributed by atoms with Gasteiger partial charge < -0.3 is 10.1 Å². The van der Waals surface area contributed by atoms with Gasteiger partial charge in [-0.3, -0.25) is 0 Å². The van der Waals surface area contributed by atoms with Gasteiger partial charge in [0.25, 0.3) is 0 Å². The molecular weight excluding hydrogens is 278 g/mol. The third kappa shape index (κ3) is 3.80. The van der Waals surface area contributed by atoms with Crippen LogP contribution in [0.5, 0.6) is 0 Å². The zero-order valence-electron chi connectivity index (χ0n) is 10.5. The van der Waals surface area contributed by atoms with E-state index in [1.54, 1.807) is 0 Å². The Hall–Kier alpha value is -0.380. The van der Waals surface area contributed by atoms with Crippen molar-refractivity contribution in [2.75, 3.05) is 6.61 Å². The van der Waals surface area contributed by atoms with Crippen molar-refractivity contribution in [2.24, 2.45) is 0 Å². The van der Waals surface area contributed by atoms with E-state index in [2.05, 4.69) is 53.3 Å². The molecule has 0 aliphatic carbocycles. The quantitative estimate of drug-likeness (QED) is 0.923. The number of rotatable bonds is 3. The Morgan fingerprint density at radius 3 is 3.00 bits per heavy atom. The first-order chi connectivity index (χ1) is 8.15. The van der Waals surface area contributed by atoms with Gasteiger partial charge in [-0.1, -0.05) is 28.1 Å². The molecule has 94 valence electrons. The van der Waals surface area contributed by atoms with E-state index in [-0.39, 0.29) is 0 Å². The number of hydrogen-bond donors (Lipinski definition) is 1. The Balaban J connectivity index is 1.88. The first kappa shape index (κ1) is 13.1. The summed E-state index contributed by atoms with van der Waals surface area (Å²) in [6.07, 6.45) is 2.62. The third-order valence-electron chi connectivity index (χ3n) is 3.27. The van der Waals surface area contributed by atoms with E-state index >= 15 is 0 Å². The Morgan fingerprint density at radius 2 is 2.29 bits per heavy atom. The minimum absolute atomic E-state index is 0.391. The van der Waals surface area contributed by atoms with Crippen LogP contribution in [0.25, 0.3) is 0 Å². The van der Waals surface area contributed by atoms with E-state index in [1.807, 2.05) is 0 Å². The molecule has 2 rings (SSSR count). The number of benzene rings is 1. The lowest BCUT2D eigenvalue weighted by atomic mass is 10.0. The summed E-state index contributed by atoms with van der Waals surface area (Å²) in [4.78, 5) is 0. The Labute approximate surface area is 112 Å². The van der Waals surface area contributed by atoms with Crippen molar-refractivity contribution < 1.29 is 4.74 Å².